The predicted octanol–water partition coefficient (Wildman–Crippen LogP) is 2.29. The molecule has 0 aromatic carbocycles. The molecule has 1 aromatic heterocycles. The second-order valence-electron chi connectivity index (χ2n) is 4.85. The summed E-state index contributed by atoms with van der Waals surface area (Å²) in [6, 6.07) is 3.47. The second kappa shape index (κ2) is 5.89. The summed E-state index contributed by atoms with van der Waals surface area (Å²) in [5.41, 5.74) is 0. The molecular weight excluding hydrogens is 250 g/mol. The smallest absolute Gasteiger partial charge is 0.155 e. The highest BCUT2D eigenvalue weighted by atomic mass is 32.2. The Hall–Kier alpha value is -0.810. The van der Waals surface area contributed by atoms with Gasteiger partial charge in [0, 0.05) is 0 Å². The van der Waals surface area contributed by atoms with E-state index in [2.05, 4.69) is 12.2 Å². The van der Waals surface area contributed by atoms with E-state index < -0.39 is 9.84 Å². The maximum Gasteiger partial charge on any atom is 0.155 e. The molecule has 0 spiro atoms. The van der Waals surface area contributed by atoms with Crippen LogP contribution in [0.2, 0.25) is 0 Å². The molecule has 18 heavy (non-hydrogen) atoms. The molecule has 4 nitrogen and oxygen atoms in total. The summed E-state index contributed by atoms with van der Waals surface area (Å²) in [5, 5.41) is 2.98. The van der Waals surface area contributed by atoms with Crippen molar-refractivity contribution >= 4 is 9.84 Å². The van der Waals surface area contributed by atoms with E-state index in [9.17, 15) is 8.42 Å². The Morgan fingerprint density at radius 1 is 1.50 bits per heavy atom. The highest BCUT2D eigenvalue weighted by molar-refractivity contribution is 7.92. The molecule has 0 saturated carbocycles. The minimum atomic E-state index is -3.00. The average Bonchev–Trinajstić information content (AvgIpc) is 2.85. The lowest BCUT2D eigenvalue weighted by Crippen LogP contribution is -2.40. The molecule has 5 heteroatoms. The third kappa shape index (κ3) is 2.95. The first kappa shape index (κ1) is 13.6. The summed E-state index contributed by atoms with van der Waals surface area (Å²) in [5.74, 6) is 1.04. The van der Waals surface area contributed by atoms with E-state index >= 15 is 0 Å². The van der Waals surface area contributed by atoms with Crippen molar-refractivity contribution in [3.8, 4) is 0 Å². The fourth-order valence-corrected chi connectivity index (χ4v) is 4.62. The van der Waals surface area contributed by atoms with Gasteiger partial charge in [-0.15, -0.1) is 0 Å². The third-order valence-corrected chi connectivity index (χ3v) is 5.75. The zero-order chi connectivity index (χ0) is 13.0. The van der Waals surface area contributed by atoms with Gasteiger partial charge in [0.1, 0.15) is 5.76 Å². The zero-order valence-electron chi connectivity index (χ0n) is 10.8. The maximum atomic E-state index is 12.2. The summed E-state index contributed by atoms with van der Waals surface area (Å²) < 4.78 is 29.8. The van der Waals surface area contributed by atoms with Crippen LogP contribution in [0.15, 0.2) is 22.8 Å². The number of hydrogen-bond donors (Lipinski definition) is 1. The van der Waals surface area contributed by atoms with Crippen molar-refractivity contribution in [2.24, 2.45) is 0 Å². The van der Waals surface area contributed by atoms with Gasteiger partial charge >= 0.3 is 0 Å². The molecular formula is C13H21NO3S. The van der Waals surface area contributed by atoms with Gasteiger partial charge in [0.05, 0.1) is 23.3 Å². The van der Waals surface area contributed by atoms with Gasteiger partial charge in [0.15, 0.2) is 9.84 Å². The Balaban J connectivity index is 2.22. The average molecular weight is 271 g/mol. The normalized spacial score (nSPS) is 24.8. The molecule has 102 valence electrons. The Bertz CT molecular complexity index is 453. The Labute approximate surface area is 109 Å². The van der Waals surface area contributed by atoms with Gasteiger partial charge in [-0.25, -0.2) is 8.42 Å². The highest BCUT2D eigenvalue weighted by Crippen LogP contribution is 2.31. The first-order valence-electron chi connectivity index (χ1n) is 6.63. The van der Waals surface area contributed by atoms with Gasteiger partial charge in [0.2, 0.25) is 0 Å². The van der Waals surface area contributed by atoms with Crippen molar-refractivity contribution < 1.29 is 12.8 Å². The lowest BCUT2D eigenvalue weighted by molar-refractivity contribution is 0.377. The monoisotopic (exact) mass is 271 g/mol. The lowest BCUT2D eigenvalue weighted by Gasteiger charge is -2.29. The molecule has 2 unspecified atom stereocenters. The van der Waals surface area contributed by atoms with Gasteiger partial charge in [-0.2, -0.15) is 0 Å². The van der Waals surface area contributed by atoms with Crippen LogP contribution >= 0.6 is 0 Å². The van der Waals surface area contributed by atoms with Crippen LogP contribution < -0.4 is 5.32 Å². The van der Waals surface area contributed by atoms with Crippen molar-refractivity contribution in [3.63, 3.8) is 0 Å². The van der Waals surface area contributed by atoms with E-state index in [-0.39, 0.29) is 11.3 Å². The molecule has 0 bridgehead atoms. The molecule has 1 N–H and O–H groups in total. The first-order valence-corrected chi connectivity index (χ1v) is 8.35. The van der Waals surface area contributed by atoms with Crippen molar-refractivity contribution in [1.82, 2.24) is 5.32 Å². The molecule has 0 radical (unpaired) electrons. The van der Waals surface area contributed by atoms with Gasteiger partial charge in [-0.3, -0.25) is 0 Å². The van der Waals surface area contributed by atoms with Crippen LogP contribution in [0.4, 0.5) is 0 Å². The van der Waals surface area contributed by atoms with Crippen LogP contribution in [-0.4, -0.2) is 26.0 Å². The minimum absolute atomic E-state index is 0.203. The Morgan fingerprint density at radius 2 is 2.33 bits per heavy atom. The van der Waals surface area contributed by atoms with Crippen LogP contribution in [0.25, 0.3) is 0 Å². The summed E-state index contributed by atoms with van der Waals surface area (Å²) in [6.45, 7) is 2.87. The molecule has 0 amide bonds. The second-order valence-corrected chi connectivity index (χ2v) is 7.19. The van der Waals surface area contributed by atoms with Crippen LogP contribution in [0.1, 0.15) is 44.4 Å². The predicted molar refractivity (Wildman–Crippen MR) is 71.2 cm³/mol. The van der Waals surface area contributed by atoms with Gasteiger partial charge < -0.3 is 9.73 Å². The fraction of sp³-hybridized carbons (Fsp3) is 0.692. The number of hydrogen-bond acceptors (Lipinski definition) is 4. The van der Waals surface area contributed by atoms with E-state index in [1.807, 2.05) is 12.1 Å². The van der Waals surface area contributed by atoms with Gasteiger partial charge in [-0.05, 0) is 37.9 Å². The number of furan rings is 1. The van der Waals surface area contributed by atoms with E-state index in [0.29, 0.717) is 5.75 Å². The molecule has 1 aromatic rings. The molecule has 1 fully saturated rings. The quantitative estimate of drug-likeness (QED) is 0.892. The van der Waals surface area contributed by atoms with Gasteiger partial charge in [0.25, 0.3) is 0 Å². The van der Waals surface area contributed by atoms with E-state index in [0.717, 1.165) is 38.0 Å². The maximum absolute atomic E-state index is 12.2. The number of nitrogens with one attached hydrogen (secondary N) is 1. The van der Waals surface area contributed by atoms with Crippen LogP contribution in [-0.2, 0) is 9.84 Å². The summed E-state index contributed by atoms with van der Waals surface area (Å²) in [6.07, 6.45) is 5.08. The fourth-order valence-electron chi connectivity index (χ4n) is 2.54. The van der Waals surface area contributed by atoms with E-state index in [1.54, 1.807) is 6.26 Å². The topological polar surface area (TPSA) is 59.3 Å². The molecule has 1 aliphatic rings. The summed E-state index contributed by atoms with van der Waals surface area (Å²) in [4.78, 5) is 0. The summed E-state index contributed by atoms with van der Waals surface area (Å²) in [7, 11) is -3.00. The van der Waals surface area contributed by atoms with Crippen molar-refractivity contribution in [3.05, 3.63) is 24.2 Å². The van der Waals surface area contributed by atoms with E-state index in [4.69, 9.17) is 4.42 Å². The Morgan fingerprint density at radius 3 is 2.94 bits per heavy atom. The van der Waals surface area contributed by atoms with Crippen LogP contribution in [0.3, 0.4) is 0 Å². The van der Waals surface area contributed by atoms with Crippen LogP contribution in [0.5, 0.6) is 0 Å². The minimum Gasteiger partial charge on any atom is -0.468 e. The van der Waals surface area contributed by atoms with Crippen molar-refractivity contribution in [2.45, 2.75) is 43.9 Å². The standard InChI is InChI=1S/C13H21NO3S/c1-2-8-14-13(11-6-5-9-17-11)12-7-3-4-10-18(12,15)16/h5-6,9,12-14H,2-4,7-8,10H2,1H3. The number of sulfone groups is 1. The SMILES string of the molecule is CCCNC(c1ccco1)C1CCCCS1(=O)=O. The molecule has 2 rings (SSSR count). The Kier molecular flexibility index (Phi) is 4.45. The molecule has 0 aliphatic carbocycles. The number of rotatable bonds is 5. The molecule has 2 atom stereocenters. The molecule has 1 aliphatic heterocycles. The molecule has 2 heterocycles. The third-order valence-electron chi connectivity index (χ3n) is 3.46. The lowest BCUT2D eigenvalue weighted by atomic mass is 10.0. The van der Waals surface area contributed by atoms with Gasteiger partial charge in [-0.1, -0.05) is 13.3 Å². The molecule has 1 saturated heterocycles. The first-order chi connectivity index (χ1) is 8.65. The zero-order valence-corrected chi connectivity index (χ0v) is 11.6. The largest absolute Gasteiger partial charge is 0.468 e. The van der Waals surface area contributed by atoms with Crippen molar-refractivity contribution in [2.75, 3.05) is 12.3 Å². The highest BCUT2D eigenvalue weighted by Gasteiger charge is 2.37. The van der Waals surface area contributed by atoms with E-state index in [1.165, 1.54) is 0 Å². The van der Waals surface area contributed by atoms with Crippen LogP contribution in [0, 0.1) is 0 Å². The van der Waals surface area contributed by atoms with Crippen molar-refractivity contribution in [1.29, 1.82) is 0 Å². The summed E-state index contributed by atoms with van der Waals surface area (Å²) >= 11 is 0.